The van der Waals surface area contributed by atoms with Gasteiger partial charge in [0, 0.05) is 0 Å². The van der Waals surface area contributed by atoms with E-state index >= 15 is 0 Å². The normalized spacial score (nSPS) is 41.3. The molecule has 0 radical (unpaired) electrons. The maximum Gasteiger partial charge on any atom is 0.469 e. The van der Waals surface area contributed by atoms with Gasteiger partial charge in [0.25, 0.3) is 5.82 Å². The van der Waals surface area contributed by atoms with Crippen LogP contribution in [0.3, 0.4) is 0 Å². The highest BCUT2D eigenvalue weighted by atomic mass is 31.2. The summed E-state index contributed by atoms with van der Waals surface area (Å²) < 4.78 is 26.0. The molecule has 16 nitrogen and oxygen atoms in total. The number of aliphatic hydroxyl groups excluding tert-OH is 5. The lowest BCUT2D eigenvalue weighted by atomic mass is 10.1. The molecule has 4 rings (SSSR count). The number of phosphoric ester groups is 1. The average molecular weight is 480 g/mol. The lowest BCUT2D eigenvalue weighted by Crippen LogP contribution is -2.68. The van der Waals surface area contributed by atoms with Crippen LogP contribution < -0.4 is 10.2 Å². The Labute approximate surface area is 180 Å². The van der Waals surface area contributed by atoms with Gasteiger partial charge in [-0.2, -0.15) is 14.5 Å². The van der Waals surface area contributed by atoms with Crippen LogP contribution in [0.15, 0.2) is 11.3 Å². The van der Waals surface area contributed by atoms with E-state index in [0.717, 1.165) is 6.33 Å². The van der Waals surface area contributed by atoms with E-state index in [-0.39, 0.29) is 17.3 Å². The molecule has 0 aromatic carbocycles. The number of nitrogens with zero attached hydrogens (tertiary/aromatic N) is 4. The fourth-order valence-corrected chi connectivity index (χ4v) is 4.48. The van der Waals surface area contributed by atoms with Crippen LogP contribution in [0.5, 0.6) is 0 Å². The smallest absolute Gasteiger partial charge is 0.394 e. The van der Waals surface area contributed by atoms with E-state index in [1.54, 1.807) is 0 Å². The highest BCUT2D eigenvalue weighted by molar-refractivity contribution is 7.46. The first-order valence-electron chi connectivity index (χ1n) is 9.39. The van der Waals surface area contributed by atoms with E-state index in [1.165, 1.54) is 6.34 Å². The minimum Gasteiger partial charge on any atom is -0.394 e. The molecule has 178 valence electrons. The highest BCUT2D eigenvalue weighted by Gasteiger charge is 2.66. The first-order chi connectivity index (χ1) is 15.0. The third-order valence-electron chi connectivity index (χ3n) is 5.68. The summed E-state index contributed by atoms with van der Waals surface area (Å²) in [6.45, 7) is -1.41. The van der Waals surface area contributed by atoms with Gasteiger partial charge in [0.2, 0.25) is 18.8 Å². The minimum atomic E-state index is -4.90. The largest absolute Gasteiger partial charge is 0.469 e. The summed E-state index contributed by atoms with van der Waals surface area (Å²) in [5, 5.41) is 51.7. The van der Waals surface area contributed by atoms with E-state index in [2.05, 4.69) is 19.5 Å². The first kappa shape index (κ1) is 23.5. The number of fused-ring (bicyclic) bond motifs is 1. The second-order valence-corrected chi connectivity index (χ2v) is 8.81. The monoisotopic (exact) mass is 480 g/mol. The summed E-state index contributed by atoms with van der Waals surface area (Å²) in [6, 6.07) is 0. The van der Waals surface area contributed by atoms with Gasteiger partial charge in [-0.1, -0.05) is 0 Å². The zero-order valence-corrected chi connectivity index (χ0v) is 17.2. The van der Waals surface area contributed by atoms with Gasteiger partial charge in [0.05, 0.1) is 13.2 Å². The zero-order valence-electron chi connectivity index (χ0n) is 16.3. The number of quaternary nitrogens is 1. The number of nitrogens with two attached hydrogens (primary N) is 1. The number of phosphoric acid groups is 1. The lowest BCUT2D eigenvalue weighted by molar-refractivity contribution is -0.147. The topological polar surface area (TPSA) is 251 Å². The van der Waals surface area contributed by atoms with Crippen molar-refractivity contribution in [1.29, 1.82) is 0 Å². The van der Waals surface area contributed by atoms with E-state index < -0.39 is 74.6 Å². The van der Waals surface area contributed by atoms with Crippen molar-refractivity contribution >= 4 is 31.5 Å². The predicted octanol–water partition coefficient (Wildman–Crippen LogP) is -3.97. The molecule has 2 fully saturated rings. The van der Waals surface area contributed by atoms with Crippen molar-refractivity contribution in [2.24, 2.45) is 4.99 Å². The molecule has 0 spiro atoms. The number of aliphatic imine (C=N–C) groups is 1. The Kier molecular flexibility index (Phi) is 6.08. The van der Waals surface area contributed by atoms with E-state index in [4.69, 9.17) is 25.0 Å². The van der Waals surface area contributed by atoms with Crippen LogP contribution in [0.4, 0.5) is 17.3 Å². The van der Waals surface area contributed by atoms with Gasteiger partial charge in [-0.3, -0.25) is 4.52 Å². The number of aliphatic hydroxyl groups is 5. The van der Waals surface area contributed by atoms with Gasteiger partial charge >= 0.3 is 7.82 Å². The van der Waals surface area contributed by atoms with Crippen molar-refractivity contribution in [2.75, 3.05) is 18.9 Å². The van der Waals surface area contributed by atoms with Crippen LogP contribution in [0.1, 0.15) is 0 Å². The third-order valence-corrected chi connectivity index (χ3v) is 6.16. The Morgan fingerprint density at radius 2 is 1.62 bits per heavy atom. The van der Waals surface area contributed by atoms with Gasteiger partial charge in [-0.25, -0.2) is 9.55 Å². The SMILES string of the molecule is Nc1ncnc2c1N=C[N+]2([C@@H]1O[C@H](COP(=O)(O)O)[C@@H](O)[C@H]1O)[C@@H]1O[C@H](CO)[C@@H](O)[C@@H]1O. The molecular weight excluding hydrogens is 457 g/mol. The number of hydrogen-bond acceptors (Lipinski definition) is 13. The number of anilines is 1. The van der Waals surface area contributed by atoms with Crippen LogP contribution in [0, 0.1) is 0 Å². The third kappa shape index (κ3) is 3.63. The molecule has 3 aliphatic heterocycles. The number of rotatable bonds is 6. The second-order valence-electron chi connectivity index (χ2n) is 7.57. The molecule has 0 aliphatic carbocycles. The molecule has 2 saturated heterocycles. The van der Waals surface area contributed by atoms with E-state index in [0.29, 0.717) is 0 Å². The molecule has 1 aromatic heterocycles. The summed E-state index contributed by atoms with van der Waals surface area (Å²) in [4.78, 5) is 30.0. The van der Waals surface area contributed by atoms with Crippen molar-refractivity contribution in [2.45, 2.75) is 49.1 Å². The summed E-state index contributed by atoms with van der Waals surface area (Å²) in [7, 11) is -4.90. The Bertz CT molecular complexity index is 948. The molecule has 1 unspecified atom stereocenters. The van der Waals surface area contributed by atoms with E-state index in [1.807, 2.05) is 0 Å². The zero-order chi connectivity index (χ0) is 23.4. The second kappa shape index (κ2) is 8.28. The Morgan fingerprint density at radius 3 is 2.19 bits per heavy atom. The first-order valence-corrected chi connectivity index (χ1v) is 10.9. The van der Waals surface area contributed by atoms with Crippen LogP contribution >= 0.6 is 7.82 Å². The van der Waals surface area contributed by atoms with E-state index in [9.17, 15) is 30.1 Å². The average Bonchev–Trinajstić information content (AvgIpc) is 3.35. The predicted molar refractivity (Wildman–Crippen MR) is 103 cm³/mol. The Morgan fingerprint density at radius 1 is 1.03 bits per heavy atom. The number of ether oxygens (including phenoxy) is 2. The molecule has 9 N–H and O–H groups in total. The van der Waals surface area contributed by atoms with Gasteiger partial charge in [0.1, 0.15) is 30.7 Å². The quantitative estimate of drug-likeness (QED) is 0.143. The van der Waals surface area contributed by atoms with Crippen LogP contribution in [0.25, 0.3) is 0 Å². The molecule has 1 aromatic rings. The van der Waals surface area contributed by atoms with Crippen LogP contribution in [0.2, 0.25) is 0 Å². The minimum absolute atomic E-state index is 0.000135. The van der Waals surface area contributed by atoms with Crippen LogP contribution in [-0.4, -0.2) is 114 Å². The van der Waals surface area contributed by atoms with Crippen LogP contribution in [-0.2, 0) is 18.6 Å². The Hall–Kier alpha value is -1.66. The summed E-state index contributed by atoms with van der Waals surface area (Å²) in [6.07, 6.45) is -9.80. The maximum absolute atomic E-state index is 11.0. The highest BCUT2D eigenvalue weighted by Crippen LogP contribution is 2.48. The standard InChI is InChI=1S/C15H22N5O11P/c16-12-7-13(18-3-17-12)20(4-19-7,14-10(24)8(22)5(1-21)30-14)15-11(25)9(23)6(31-15)2-29-32(26,27)28/h3-6,8-11,14-15,21-25H,1-2H2,(H3-,16,17,18,26,27,28)/p+1/t5-,6-,8-,9-,10+,11-,14-,15-,20?/m1/s1. The van der Waals surface area contributed by atoms with Gasteiger partial charge in [0.15, 0.2) is 23.7 Å². The van der Waals surface area contributed by atoms with Gasteiger partial charge in [-0.15, -0.1) is 0 Å². The molecule has 17 heteroatoms. The molecule has 0 saturated carbocycles. The number of nitrogen functional groups attached to an aromatic ring is 1. The number of aromatic nitrogens is 2. The summed E-state index contributed by atoms with van der Waals surface area (Å²) in [5.74, 6) is -0.0486. The molecule has 0 bridgehead atoms. The molecule has 0 amide bonds. The van der Waals surface area contributed by atoms with Crippen molar-refractivity contribution in [3.8, 4) is 0 Å². The van der Waals surface area contributed by atoms with Gasteiger partial charge in [-0.05, 0) is 0 Å². The molecule has 32 heavy (non-hydrogen) atoms. The lowest BCUT2D eigenvalue weighted by Gasteiger charge is -2.40. The van der Waals surface area contributed by atoms with Crippen molar-refractivity contribution in [3.05, 3.63) is 6.33 Å². The maximum atomic E-state index is 11.0. The fourth-order valence-electron chi connectivity index (χ4n) is 4.14. The molecule has 9 atom stereocenters. The Balaban J connectivity index is 1.77. The van der Waals surface area contributed by atoms with Crippen molar-refractivity contribution < 1.29 is 53.9 Å². The number of hydrogen-bond donors (Lipinski definition) is 8. The fraction of sp³-hybridized carbons (Fsp3) is 0.667. The molecule has 3 aliphatic rings. The van der Waals surface area contributed by atoms with Crippen molar-refractivity contribution in [3.63, 3.8) is 0 Å². The summed E-state index contributed by atoms with van der Waals surface area (Å²) in [5.41, 5.74) is 5.92. The van der Waals surface area contributed by atoms with Gasteiger partial charge < -0.3 is 50.5 Å². The molecule has 4 heterocycles. The summed E-state index contributed by atoms with van der Waals surface area (Å²) >= 11 is 0. The molecular formula is C15H23N5O11P+. The van der Waals surface area contributed by atoms with Crippen molar-refractivity contribution in [1.82, 2.24) is 14.5 Å².